The molecule has 6 heteroatoms. The number of thiophene rings is 1. The highest BCUT2D eigenvalue weighted by molar-refractivity contribution is 7.11. The van der Waals surface area contributed by atoms with Gasteiger partial charge < -0.3 is 9.67 Å². The predicted molar refractivity (Wildman–Crippen MR) is 124 cm³/mol. The Morgan fingerprint density at radius 3 is 2.63 bits per heavy atom. The fourth-order valence-electron chi connectivity index (χ4n) is 3.50. The Balaban J connectivity index is 2.05. The van der Waals surface area contributed by atoms with E-state index in [1.54, 1.807) is 17.5 Å². The second-order valence-electron chi connectivity index (χ2n) is 7.44. The van der Waals surface area contributed by atoms with Gasteiger partial charge in [0.1, 0.15) is 5.82 Å². The molecule has 4 nitrogen and oxygen atoms in total. The van der Waals surface area contributed by atoms with Gasteiger partial charge in [-0.3, -0.25) is 0 Å². The molecule has 3 rings (SSSR count). The van der Waals surface area contributed by atoms with Crippen molar-refractivity contribution in [1.29, 1.82) is 0 Å². The minimum Gasteiger partial charge on any atom is -0.478 e. The van der Waals surface area contributed by atoms with Crippen LogP contribution in [0, 0.1) is 6.92 Å². The van der Waals surface area contributed by atoms with Gasteiger partial charge in [0.15, 0.2) is 0 Å². The third kappa shape index (κ3) is 5.21. The lowest BCUT2D eigenvalue weighted by Gasteiger charge is -2.15. The van der Waals surface area contributed by atoms with Gasteiger partial charge in [0, 0.05) is 33.2 Å². The Morgan fingerprint density at radius 1 is 1.23 bits per heavy atom. The number of hydrogen-bond donors (Lipinski definition) is 1. The van der Waals surface area contributed by atoms with Crippen LogP contribution in [0.25, 0.3) is 5.57 Å². The van der Waals surface area contributed by atoms with Crippen molar-refractivity contribution in [2.75, 3.05) is 0 Å². The second kappa shape index (κ2) is 10.1. The summed E-state index contributed by atoms with van der Waals surface area (Å²) in [6.07, 6.45) is 5.16. The predicted octanol–water partition coefficient (Wildman–Crippen LogP) is 6.40. The van der Waals surface area contributed by atoms with E-state index in [9.17, 15) is 9.90 Å². The van der Waals surface area contributed by atoms with Crippen LogP contribution in [0.1, 0.15) is 53.5 Å². The second-order valence-corrected chi connectivity index (χ2v) is 9.22. The van der Waals surface area contributed by atoms with Crippen LogP contribution in [0.5, 0.6) is 0 Å². The SMILES string of the molecule is CCCCc1ncc(/C(C)=C(\Cc2ccc(C)s2)C(=O)O)n1Cc1ccccc1Cl. The van der Waals surface area contributed by atoms with Gasteiger partial charge in [0.2, 0.25) is 0 Å². The number of carboxylic acids is 1. The number of aryl methyl sites for hydroxylation is 2. The fourth-order valence-corrected chi connectivity index (χ4v) is 4.60. The van der Waals surface area contributed by atoms with Crippen molar-refractivity contribution >= 4 is 34.5 Å². The van der Waals surface area contributed by atoms with Crippen molar-refractivity contribution < 1.29 is 9.90 Å². The van der Waals surface area contributed by atoms with Crippen LogP contribution < -0.4 is 0 Å². The number of nitrogens with zero attached hydrogens (tertiary/aromatic N) is 2. The van der Waals surface area contributed by atoms with E-state index < -0.39 is 5.97 Å². The summed E-state index contributed by atoms with van der Waals surface area (Å²) in [5.41, 5.74) is 2.98. The number of carboxylic acid groups (broad SMARTS) is 1. The minimum atomic E-state index is -0.890. The Kier molecular flexibility index (Phi) is 7.51. The van der Waals surface area contributed by atoms with Crippen LogP contribution in [0.15, 0.2) is 48.2 Å². The van der Waals surface area contributed by atoms with Crippen LogP contribution in [0.3, 0.4) is 0 Å². The number of benzene rings is 1. The van der Waals surface area contributed by atoms with Crippen molar-refractivity contribution in [3.05, 3.63) is 80.0 Å². The molecule has 0 aliphatic heterocycles. The number of unbranched alkanes of at least 4 members (excludes halogenated alkanes) is 1. The van der Waals surface area contributed by atoms with E-state index in [0.29, 0.717) is 23.6 Å². The van der Waals surface area contributed by atoms with Gasteiger partial charge in [-0.25, -0.2) is 9.78 Å². The zero-order valence-electron chi connectivity index (χ0n) is 17.6. The molecule has 2 heterocycles. The number of aliphatic carboxylic acids is 1. The first kappa shape index (κ1) is 22.3. The third-order valence-corrected chi connectivity index (χ3v) is 6.59. The molecule has 1 aromatic carbocycles. The summed E-state index contributed by atoms with van der Waals surface area (Å²) in [5, 5.41) is 10.6. The molecular formula is C24H27ClN2O2S. The molecule has 0 aliphatic carbocycles. The van der Waals surface area contributed by atoms with Gasteiger partial charge in [0.05, 0.1) is 18.4 Å². The maximum Gasteiger partial charge on any atom is 0.332 e. The summed E-state index contributed by atoms with van der Waals surface area (Å²) in [4.78, 5) is 19.0. The molecule has 0 spiro atoms. The van der Waals surface area contributed by atoms with Gasteiger partial charge in [-0.05, 0) is 49.6 Å². The lowest BCUT2D eigenvalue weighted by atomic mass is 10.0. The Morgan fingerprint density at radius 2 is 2.00 bits per heavy atom. The van der Waals surface area contributed by atoms with Gasteiger partial charge in [-0.2, -0.15) is 0 Å². The quantitative estimate of drug-likeness (QED) is 0.390. The minimum absolute atomic E-state index is 0.402. The molecule has 0 saturated heterocycles. The van der Waals surface area contributed by atoms with E-state index in [1.165, 1.54) is 4.88 Å². The van der Waals surface area contributed by atoms with Crippen LogP contribution in [-0.4, -0.2) is 20.6 Å². The molecule has 0 bridgehead atoms. The average Bonchev–Trinajstić information content (AvgIpc) is 3.31. The van der Waals surface area contributed by atoms with E-state index in [2.05, 4.69) is 16.5 Å². The average molecular weight is 443 g/mol. The summed E-state index contributed by atoms with van der Waals surface area (Å²) >= 11 is 8.05. The van der Waals surface area contributed by atoms with Crippen LogP contribution in [0.2, 0.25) is 5.02 Å². The molecule has 0 atom stereocenters. The first-order chi connectivity index (χ1) is 14.4. The highest BCUT2D eigenvalue weighted by atomic mass is 35.5. The molecule has 0 unspecified atom stereocenters. The first-order valence-corrected chi connectivity index (χ1v) is 11.4. The summed E-state index contributed by atoms with van der Waals surface area (Å²) < 4.78 is 2.12. The van der Waals surface area contributed by atoms with Crippen LogP contribution in [0.4, 0.5) is 0 Å². The summed E-state index contributed by atoms with van der Waals surface area (Å²) in [7, 11) is 0. The van der Waals surface area contributed by atoms with Gasteiger partial charge in [-0.15, -0.1) is 11.3 Å². The third-order valence-electron chi connectivity index (χ3n) is 5.22. The number of imidazole rings is 1. The van der Waals surface area contributed by atoms with E-state index in [-0.39, 0.29) is 0 Å². The molecule has 3 aromatic rings. The zero-order valence-corrected chi connectivity index (χ0v) is 19.2. The molecule has 158 valence electrons. The Hall–Kier alpha value is -2.37. The van der Waals surface area contributed by atoms with E-state index >= 15 is 0 Å². The van der Waals surface area contributed by atoms with Gasteiger partial charge >= 0.3 is 5.97 Å². The highest BCUT2D eigenvalue weighted by Gasteiger charge is 2.19. The highest BCUT2D eigenvalue weighted by Crippen LogP contribution is 2.27. The lowest BCUT2D eigenvalue weighted by molar-refractivity contribution is -0.132. The molecular weight excluding hydrogens is 416 g/mol. The first-order valence-electron chi connectivity index (χ1n) is 10.2. The molecule has 0 aliphatic rings. The maximum atomic E-state index is 12.1. The number of allylic oxidation sites excluding steroid dienone is 1. The van der Waals surface area contributed by atoms with Crippen LogP contribution in [-0.2, 0) is 24.2 Å². The standard InChI is InChI=1S/C24H27ClN2O2S/c1-4-5-10-23-26-14-22(27(23)15-18-8-6-7-9-21(18)25)17(3)20(24(28)29)13-19-12-11-16(2)30-19/h6-9,11-12,14H,4-5,10,13,15H2,1-3H3,(H,28,29)/b20-17+. The molecule has 1 N–H and O–H groups in total. The topological polar surface area (TPSA) is 55.1 Å². The lowest BCUT2D eigenvalue weighted by Crippen LogP contribution is -2.12. The Labute approximate surface area is 186 Å². The van der Waals surface area contributed by atoms with E-state index in [4.69, 9.17) is 11.6 Å². The fraction of sp³-hybridized carbons (Fsp3) is 0.333. The summed E-state index contributed by atoms with van der Waals surface area (Å²) in [5.74, 6) is 0.0713. The molecule has 0 saturated carbocycles. The Bertz CT molecular complexity index is 1060. The summed E-state index contributed by atoms with van der Waals surface area (Å²) in [6.45, 7) is 6.63. The molecule has 30 heavy (non-hydrogen) atoms. The van der Waals surface area contributed by atoms with Crippen molar-refractivity contribution in [1.82, 2.24) is 9.55 Å². The monoisotopic (exact) mass is 442 g/mol. The molecule has 2 aromatic heterocycles. The number of hydrogen-bond acceptors (Lipinski definition) is 3. The number of halogens is 1. The smallest absolute Gasteiger partial charge is 0.332 e. The van der Waals surface area contributed by atoms with Crippen molar-refractivity contribution in [2.45, 2.75) is 53.0 Å². The van der Waals surface area contributed by atoms with E-state index in [1.807, 2.05) is 50.2 Å². The van der Waals surface area contributed by atoms with Gasteiger partial charge in [0.25, 0.3) is 0 Å². The van der Waals surface area contributed by atoms with Crippen molar-refractivity contribution in [2.24, 2.45) is 0 Å². The number of rotatable bonds is 9. The number of carbonyl (C=O) groups is 1. The van der Waals surface area contributed by atoms with Crippen molar-refractivity contribution in [3.63, 3.8) is 0 Å². The summed E-state index contributed by atoms with van der Waals surface area (Å²) in [6, 6.07) is 11.8. The zero-order chi connectivity index (χ0) is 21.7. The van der Waals surface area contributed by atoms with Crippen molar-refractivity contribution in [3.8, 4) is 0 Å². The molecule has 0 radical (unpaired) electrons. The molecule has 0 fully saturated rings. The van der Waals surface area contributed by atoms with Crippen LogP contribution >= 0.6 is 22.9 Å². The van der Waals surface area contributed by atoms with E-state index in [0.717, 1.165) is 46.8 Å². The largest absolute Gasteiger partial charge is 0.478 e. The normalized spacial score (nSPS) is 12.1. The maximum absolute atomic E-state index is 12.1. The molecule has 0 amide bonds. The number of aromatic nitrogens is 2. The van der Waals surface area contributed by atoms with Gasteiger partial charge in [-0.1, -0.05) is 43.1 Å².